The van der Waals surface area contributed by atoms with Gasteiger partial charge in [0.05, 0.1) is 12.6 Å². The van der Waals surface area contributed by atoms with Crippen LogP contribution in [0, 0.1) is 0 Å². The minimum absolute atomic E-state index is 0.896. The lowest BCUT2D eigenvalue weighted by Gasteiger charge is -2.28. The second kappa shape index (κ2) is 5.95. The number of hydrogen-bond acceptors (Lipinski definition) is 8. The van der Waals surface area contributed by atoms with Gasteiger partial charge in [-0.1, -0.05) is 0 Å². The molecule has 0 aliphatic carbocycles. The summed E-state index contributed by atoms with van der Waals surface area (Å²) in [7, 11) is 0. The van der Waals surface area contributed by atoms with E-state index in [0.29, 0.717) is 0 Å². The molecule has 0 aromatic carbocycles. The molecular formula is C7H13O8-. The van der Waals surface area contributed by atoms with Gasteiger partial charge in [-0.05, 0) is 0 Å². The molecule has 90 valence electrons. The average Bonchev–Trinajstić information content (AvgIpc) is 2.23. The van der Waals surface area contributed by atoms with Crippen molar-refractivity contribution >= 4 is 5.97 Å². The van der Waals surface area contributed by atoms with Gasteiger partial charge in [-0.25, -0.2) is 0 Å². The average molecular weight is 225 g/mol. The third-order valence-electron chi connectivity index (χ3n) is 1.85. The lowest BCUT2D eigenvalue weighted by atomic mass is 9.99. The fourth-order valence-corrected chi connectivity index (χ4v) is 0.864. The summed E-state index contributed by atoms with van der Waals surface area (Å²) < 4.78 is 0. The minimum Gasteiger partial charge on any atom is -0.547 e. The third-order valence-corrected chi connectivity index (χ3v) is 1.85. The zero-order valence-electron chi connectivity index (χ0n) is 7.59. The molecule has 0 aliphatic heterocycles. The van der Waals surface area contributed by atoms with Crippen molar-refractivity contribution in [2.45, 2.75) is 30.5 Å². The van der Waals surface area contributed by atoms with E-state index < -0.39 is 43.1 Å². The quantitative estimate of drug-likeness (QED) is 0.261. The van der Waals surface area contributed by atoms with E-state index in [4.69, 9.17) is 30.6 Å². The Kier molecular flexibility index (Phi) is 5.65. The van der Waals surface area contributed by atoms with Gasteiger partial charge in [-0.2, -0.15) is 0 Å². The van der Waals surface area contributed by atoms with E-state index in [1.807, 2.05) is 0 Å². The first-order valence-corrected chi connectivity index (χ1v) is 4.05. The molecule has 2 unspecified atom stereocenters. The molecule has 0 bridgehead atoms. The Morgan fingerprint density at radius 2 is 1.47 bits per heavy atom. The van der Waals surface area contributed by atoms with Gasteiger partial charge in [0.1, 0.15) is 30.5 Å². The van der Waals surface area contributed by atoms with Gasteiger partial charge >= 0.3 is 0 Å². The predicted octanol–water partition coefficient (Wildman–Crippen LogP) is -5.47. The van der Waals surface area contributed by atoms with Crippen LogP contribution in [-0.2, 0) is 4.79 Å². The number of carbonyl (C=O) groups excluding carboxylic acids is 1. The Hall–Kier alpha value is -0.770. The number of carboxylic acid groups (broad SMARTS) is 1. The zero-order valence-corrected chi connectivity index (χ0v) is 7.59. The normalized spacial score (nSPS) is 21.5. The van der Waals surface area contributed by atoms with E-state index >= 15 is 0 Å². The van der Waals surface area contributed by atoms with Crippen molar-refractivity contribution < 1.29 is 40.5 Å². The van der Waals surface area contributed by atoms with E-state index in [2.05, 4.69) is 0 Å². The Morgan fingerprint density at radius 3 is 1.80 bits per heavy atom. The summed E-state index contributed by atoms with van der Waals surface area (Å²) in [5, 5.41) is 63.2. The summed E-state index contributed by atoms with van der Waals surface area (Å²) in [5.41, 5.74) is 0. The van der Waals surface area contributed by atoms with Crippen molar-refractivity contribution in [2.75, 3.05) is 6.61 Å². The molecule has 0 heterocycles. The molecule has 5 atom stereocenters. The third kappa shape index (κ3) is 3.70. The molecule has 15 heavy (non-hydrogen) atoms. The van der Waals surface area contributed by atoms with Crippen molar-refractivity contribution in [3.05, 3.63) is 0 Å². The first kappa shape index (κ1) is 14.2. The van der Waals surface area contributed by atoms with Crippen LogP contribution < -0.4 is 5.11 Å². The summed E-state index contributed by atoms with van der Waals surface area (Å²) in [6.07, 6.45) is -10.5. The Labute approximate surface area is 84.7 Å². The van der Waals surface area contributed by atoms with Crippen LogP contribution in [0.5, 0.6) is 0 Å². The number of aliphatic hydroxyl groups excluding tert-OH is 6. The SMILES string of the molecule is O=C([O-])[C@@H](O)C(O)[C@@H](O)[C@H](O)C(O)CO. The summed E-state index contributed by atoms with van der Waals surface area (Å²) in [4.78, 5) is 10.1. The lowest BCUT2D eigenvalue weighted by molar-refractivity contribution is -0.320. The van der Waals surface area contributed by atoms with Gasteiger partial charge in [-0.3, -0.25) is 0 Å². The van der Waals surface area contributed by atoms with Crippen LogP contribution in [0.3, 0.4) is 0 Å². The van der Waals surface area contributed by atoms with E-state index in [1.54, 1.807) is 0 Å². The molecule has 6 N–H and O–H groups in total. The minimum atomic E-state index is -2.40. The first-order chi connectivity index (χ1) is 6.82. The molecule has 8 nitrogen and oxygen atoms in total. The van der Waals surface area contributed by atoms with Crippen molar-refractivity contribution in [3.8, 4) is 0 Å². The molecule has 0 fully saturated rings. The molecular weight excluding hydrogens is 212 g/mol. The van der Waals surface area contributed by atoms with Crippen LogP contribution in [0.4, 0.5) is 0 Å². The van der Waals surface area contributed by atoms with Gasteiger partial charge in [0.15, 0.2) is 0 Å². The van der Waals surface area contributed by atoms with E-state index in [1.165, 1.54) is 0 Å². The highest BCUT2D eigenvalue weighted by molar-refractivity contribution is 5.70. The highest BCUT2D eigenvalue weighted by atomic mass is 16.4. The van der Waals surface area contributed by atoms with E-state index in [9.17, 15) is 9.90 Å². The Morgan fingerprint density at radius 1 is 1.00 bits per heavy atom. The van der Waals surface area contributed by atoms with Crippen LogP contribution in [0.2, 0.25) is 0 Å². The first-order valence-electron chi connectivity index (χ1n) is 4.05. The summed E-state index contributed by atoms with van der Waals surface area (Å²) in [6.45, 7) is -0.896. The van der Waals surface area contributed by atoms with Gasteiger partial charge in [0.25, 0.3) is 0 Å². The maximum absolute atomic E-state index is 10.1. The van der Waals surface area contributed by atoms with Gasteiger partial charge in [0, 0.05) is 0 Å². The largest absolute Gasteiger partial charge is 0.547 e. The highest BCUT2D eigenvalue weighted by Crippen LogP contribution is 2.08. The summed E-state index contributed by atoms with van der Waals surface area (Å²) in [6, 6.07) is 0. The van der Waals surface area contributed by atoms with Gasteiger partial charge in [-0.15, -0.1) is 0 Å². The van der Waals surface area contributed by atoms with Gasteiger partial charge in [0.2, 0.25) is 0 Å². The molecule has 0 amide bonds. The molecule has 0 saturated heterocycles. The number of aliphatic hydroxyl groups is 6. The second-order valence-electron chi connectivity index (χ2n) is 2.99. The van der Waals surface area contributed by atoms with Crippen molar-refractivity contribution in [1.82, 2.24) is 0 Å². The lowest BCUT2D eigenvalue weighted by Crippen LogP contribution is -2.54. The highest BCUT2D eigenvalue weighted by Gasteiger charge is 2.34. The fourth-order valence-electron chi connectivity index (χ4n) is 0.864. The number of carbonyl (C=O) groups is 1. The topological polar surface area (TPSA) is 162 Å². The zero-order chi connectivity index (χ0) is 12.2. The molecule has 0 aliphatic rings. The molecule has 8 heteroatoms. The van der Waals surface area contributed by atoms with Crippen LogP contribution in [0.15, 0.2) is 0 Å². The molecule has 0 saturated carbocycles. The Bertz CT molecular complexity index is 207. The summed E-state index contributed by atoms with van der Waals surface area (Å²) in [5.74, 6) is -2.03. The molecule has 0 radical (unpaired) electrons. The monoisotopic (exact) mass is 225 g/mol. The van der Waals surface area contributed by atoms with Crippen LogP contribution in [0.25, 0.3) is 0 Å². The number of aliphatic carboxylic acids is 1. The van der Waals surface area contributed by atoms with Crippen LogP contribution in [-0.4, -0.2) is 73.7 Å². The molecule has 0 aromatic heterocycles. The second-order valence-corrected chi connectivity index (χ2v) is 2.99. The van der Waals surface area contributed by atoms with E-state index in [-0.39, 0.29) is 0 Å². The number of hydrogen-bond donors (Lipinski definition) is 6. The molecule has 0 spiro atoms. The molecule has 0 aromatic rings. The summed E-state index contributed by atoms with van der Waals surface area (Å²) >= 11 is 0. The number of carboxylic acids is 1. The van der Waals surface area contributed by atoms with Crippen LogP contribution >= 0.6 is 0 Å². The maximum atomic E-state index is 10.1. The standard InChI is InChI=1S/C7H14O8/c8-1-2(9)3(10)4(11)5(12)6(13)7(14)15/h2-6,8-13H,1H2,(H,14,15)/p-1/t2?,3-,4+,5?,6+/m1/s1. The Balaban J connectivity index is 4.42. The van der Waals surface area contributed by atoms with Crippen molar-refractivity contribution in [1.29, 1.82) is 0 Å². The smallest absolute Gasteiger partial charge is 0.122 e. The predicted molar refractivity (Wildman–Crippen MR) is 42.1 cm³/mol. The van der Waals surface area contributed by atoms with Crippen LogP contribution in [0.1, 0.15) is 0 Å². The molecule has 0 rings (SSSR count). The van der Waals surface area contributed by atoms with Gasteiger partial charge < -0.3 is 40.5 Å². The van der Waals surface area contributed by atoms with E-state index in [0.717, 1.165) is 0 Å². The van der Waals surface area contributed by atoms with Crippen molar-refractivity contribution in [2.24, 2.45) is 0 Å². The van der Waals surface area contributed by atoms with Crippen molar-refractivity contribution in [3.63, 3.8) is 0 Å². The fraction of sp³-hybridized carbons (Fsp3) is 0.857. The number of rotatable bonds is 6. The maximum Gasteiger partial charge on any atom is 0.122 e.